The lowest BCUT2D eigenvalue weighted by molar-refractivity contribution is 0.0985. The van der Waals surface area contributed by atoms with E-state index in [1.165, 1.54) is 0 Å². The molecule has 0 aliphatic carbocycles. The van der Waals surface area contributed by atoms with Crippen molar-refractivity contribution in [1.29, 1.82) is 0 Å². The van der Waals surface area contributed by atoms with E-state index in [1.54, 1.807) is 11.1 Å². The van der Waals surface area contributed by atoms with Crippen LogP contribution in [0.1, 0.15) is 15.9 Å². The molecule has 5 nitrogen and oxygen atoms in total. The normalized spacial score (nSPS) is 12.0. The molecule has 0 saturated heterocycles. The molecular formula is C30H22N2O3. The molecule has 0 N–H and O–H groups in total. The molecule has 4 aromatic carbocycles. The summed E-state index contributed by atoms with van der Waals surface area (Å²) >= 11 is 0. The minimum absolute atomic E-state index is 0.119. The van der Waals surface area contributed by atoms with E-state index in [9.17, 15) is 4.79 Å². The van der Waals surface area contributed by atoms with Crippen LogP contribution in [0.4, 0.5) is 5.69 Å². The number of anilines is 1. The molecule has 0 atom stereocenters. The first-order valence-electron chi connectivity index (χ1n) is 11.5. The Hall–Kier alpha value is -4.64. The van der Waals surface area contributed by atoms with Crippen molar-refractivity contribution >= 4 is 22.5 Å². The number of carbonyl (C=O) groups excluding carboxylic acids is 1. The van der Waals surface area contributed by atoms with E-state index in [0.717, 1.165) is 39.0 Å². The maximum Gasteiger partial charge on any atom is 0.260 e. The minimum Gasteiger partial charge on any atom is -0.454 e. The Morgan fingerprint density at radius 2 is 1.57 bits per heavy atom. The van der Waals surface area contributed by atoms with E-state index >= 15 is 0 Å². The topological polar surface area (TPSA) is 51.7 Å². The second kappa shape index (κ2) is 8.95. The number of fused-ring (bicyclic) bond motifs is 2. The Morgan fingerprint density at radius 1 is 0.771 bits per heavy atom. The molecule has 0 fully saturated rings. The Morgan fingerprint density at radius 3 is 2.49 bits per heavy atom. The van der Waals surface area contributed by atoms with E-state index in [1.807, 2.05) is 78.9 Å². The highest BCUT2D eigenvalue weighted by Gasteiger charge is 2.21. The lowest BCUT2D eigenvalue weighted by atomic mass is 10.0. The summed E-state index contributed by atoms with van der Waals surface area (Å²) in [5, 5.41) is 0.930. The number of ether oxygens (including phenoxy) is 2. The summed E-state index contributed by atoms with van der Waals surface area (Å²) in [5.41, 5.74) is 5.29. The second-order valence-corrected chi connectivity index (χ2v) is 8.41. The molecule has 0 saturated carbocycles. The van der Waals surface area contributed by atoms with Crippen LogP contribution in [-0.2, 0) is 6.54 Å². The number of benzene rings is 4. The van der Waals surface area contributed by atoms with Gasteiger partial charge >= 0.3 is 0 Å². The number of hydrogen-bond acceptors (Lipinski definition) is 4. The average Bonchev–Trinajstić information content (AvgIpc) is 3.40. The van der Waals surface area contributed by atoms with Crippen molar-refractivity contribution in [2.75, 3.05) is 11.7 Å². The third-order valence-electron chi connectivity index (χ3n) is 6.13. The van der Waals surface area contributed by atoms with Crippen LogP contribution < -0.4 is 14.4 Å². The van der Waals surface area contributed by atoms with Gasteiger partial charge in [0.2, 0.25) is 6.79 Å². The highest BCUT2D eigenvalue weighted by atomic mass is 16.7. The lowest BCUT2D eigenvalue weighted by Crippen LogP contribution is -2.30. The van der Waals surface area contributed by atoms with Crippen LogP contribution in [0.5, 0.6) is 11.5 Å². The highest BCUT2D eigenvalue weighted by Crippen LogP contribution is 2.34. The molecule has 1 aliphatic heterocycles. The fourth-order valence-electron chi connectivity index (χ4n) is 4.33. The number of carbonyl (C=O) groups is 1. The Balaban J connectivity index is 1.41. The first-order chi connectivity index (χ1) is 17.2. The Bertz CT molecular complexity index is 1530. The molecule has 5 heteroatoms. The number of pyridine rings is 1. The predicted molar refractivity (Wildman–Crippen MR) is 137 cm³/mol. The summed E-state index contributed by atoms with van der Waals surface area (Å²) in [4.78, 5) is 20.2. The van der Waals surface area contributed by atoms with Gasteiger partial charge in [0.15, 0.2) is 11.5 Å². The molecule has 0 unspecified atom stereocenters. The first kappa shape index (κ1) is 20.9. The fraction of sp³-hybridized carbons (Fsp3) is 0.0667. The SMILES string of the molecule is O=C(c1cnc2ccccc2c1)N(Cc1ccc2c(c1)OCO2)c1cccc(-c2ccccc2)c1. The van der Waals surface area contributed by atoms with Gasteiger partial charge in [0, 0.05) is 17.3 Å². The summed E-state index contributed by atoms with van der Waals surface area (Å²) in [6, 6.07) is 33.7. The fourth-order valence-corrected chi connectivity index (χ4v) is 4.33. The van der Waals surface area contributed by atoms with Crippen LogP contribution in [0.3, 0.4) is 0 Å². The van der Waals surface area contributed by atoms with Crippen molar-refractivity contribution in [3.05, 3.63) is 120 Å². The van der Waals surface area contributed by atoms with Crippen LogP contribution in [-0.4, -0.2) is 17.7 Å². The first-order valence-corrected chi connectivity index (χ1v) is 11.5. The zero-order valence-electron chi connectivity index (χ0n) is 18.9. The molecule has 5 aromatic rings. The molecule has 0 radical (unpaired) electrons. The van der Waals surface area contributed by atoms with Gasteiger partial charge in [0.05, 0.1) is 17.6 Å². The van der Waals surface area contributed by atoms with Gasteiger partial charge in [-0.05, 0) is 53.1 Å². The summed E-state index contributed by atoms with van der Waals surface area (Å²) in [5.74, 6) is 1.29. The van der Waals surface area contributed by atoms with Crippen molar-refractivity contribution in [1.82, 2.24) is 4.98 Å². The maximum absolute atomic E-state index is 13.9. The van der Waals surface area contributed by atoms with Crippen LogP contribution in [0.15, 0.2) is 109 Å². The van der Waals surface area contributed by atoms with Crippen LogP contribution >= 0.6 is 0 Å². The van der Waals surface area contributed by atoms with Gasteiger partial charge in [-0.1, -0.05) is 66.7 Å². The molecule has 1 aliphatic rings. The van der Waals surface area contributed by atoms with Crippen LogP contribution in [0, 0.1) is 0 Å². The molecular weight excluding hydrogens is 436 g/mol. The molecule has 170 valence electrons. The molecule has 1 amide bonds. The van der Waals surface area contributed by atoms with E-state index in [2.05, 4.69) is 29.2 Å². The van der Waals surface area contributed by atoms with Crippen molar-refractivity contribution in [3.63, 3.8) is 0 Å². The number of amides is 1. The van der Waals surface area contributed by atoms with E-state index in [-0.39, 0.29) is 12.7 Å². The van der Waals surface area contributed by atoms with E-state index in [0.29, 0.717) is 17.9 Å². The van der Waals surface area contributed by atoms with Gasteiger partial charge in [-0.2, -0.15) is 0 Å². The number of hydrogen-bond donors (Lipinski definition) is 0. The summed E-state index contributed by atoms with van der Waals surface area (Å²) in [6.07, 6.45) is 1.65. The largest absolute Gasteiger partial charge is 0.454 e. The molecule has 2 heterocycles. The van der Waals surface area contributed by atoms with Gasteiger partial charge in [-0.3, -0.25) is 9.78 Å². The Kier molecular flexibility index (Phi) is 5.35. The van der Waals surface area contributed by atoms with Crippen molar-refractivity contribution in [3.8, 4) is 22.6 Å². The van der Waals surface area contributed by atoms with Crippen molar-refractivity contribution < 1.29 is 14.3 Å². The maximum atomic E-state index is 13.9. The summed E-state index contributed by atoms with van der Waals surface area (Å²) < 4.78 is 11.0. The number of aromatic nitrogens is 1. The highest BCUT2D eigenvalue weighted by molar-refractivity contribution is 6.07. The minimum atomic E-state index is -0.119. The quantitative estimate of drug-likeness (QED) is 0.303. The van der Waals surface area contributed by atoms with Crippen molar-refractivity contribution in [2.45, 2.75) is 6.54 Å². The Labute approximate surface area is 203 Å². The van der Waals surface area contributed by atoms with E-state index < -0.39 is 0 Å². The van der Waals surface area contributed by atoms with Gasteiger partial charge in [0.25, 0.3) is 5.91 Å². The predicted octanol–water partition coefficient (Wildman–Crippen LogP) is 6.48. The standard InChI is InChI=1S/C30H22N2O3/c33-30(25-16-24-9-4-5-12-27(24)31-18-25)32(19-21-13-14-28-29(15-21)35-20-34-28)26-11-6-10-23(17-26)22-7-2-1-3-8-22/h1-18H,19-20H2. The van der Waals surface area contributed by atoms with Gasteiger partial charge in [0.1, 0.15) is 0 Å². The smallest absolute Gasteiger partial charge is 0.260 e. The number of nitrogens with zero attached hydrogens (tertiary/aromatic N) is 2. The third-order valence-corrected chi connectivity index (χ3v) is 6.13. The van der Waals surface area contributed by atoms with Crippen LogP contribution in [0.25, 0.3) is 22.0 Å². The van der Waals surface area contributed by atoms with Crippen LogP contribution in [0.2, 0.25) is 0 Å². The average molecular weight is 459 g/mol. The van der Waals surface area contributed by atoms with E-state index in [4.69, 9.17) is 9.47 Å². The zero-order chi connectivity index (χ0) is 23.6. The third kappa shape index (κ3) is 4.20. The second-order valence-electron chi connectivity index (χ2n) is 8.41. The molecule has 0 bridgehead atoms. The summed E-state index contributed by atoms with van der Waals surface area (Å²) in [6.45, 7) is 0.587. The van der Waals surface area contributed by atoms with Gasteiger partial charge < -0.3 is 14.4 Å². The summed E-state index contributed by atoms with van der Waals surface area (Å²) in [7, 11) is 0. The molecule has 35 heavy (non-hydrogen) atoms. The number of para-hydroxylation sites is 1. The molecule has 0 spiro atoms. The monoisotopic (exact) mass is 458 g/mol. The number of rotatable bonds is 5. The molecule has 6 rings (SSSR count). The van der Waals surface area contributed by atoms with Crippen molar-refractivity contribution in [2.24, 2.45) is 0 Å². The lowest BCUT2D eigenvalue weighted by Gasteiger charge is -2.24. The zero-order valence-corrected chi connectivity index (χ0v) is 18.9. The molecule has 1 aromatic heterocycles. The van der Waals surface area contributed by atoms with Gasteiger partial charge in [-0.15, -0.1) is 0 Å². The van der Waals surface area contributed by atoms with Gasteiger partial charge in [-0.25, -0.2) is 0 Å².